The van der Waals surface area contributed by atoms with Crippen LogP contribution in [0.15, 0.2) is 11.3 Å². The van der Waals surface area contributed by atoms with Crippen LogP contribution in [0.1, 0.15) is 39.9 Å². The smallest absolute Gasteiger partial charge is 0.191 e. The Labute approximate surface area is 180 Å². The molecule has 0 saturated carbocycles. The summed E-state index contributed by atoms with van der Waals surface area (Å²) < 4.78 is 7.52. The van der Waals surface area contributed by atoms with Crippen LogP contribution in [0.25, 0.3) is 0 Å². The van der Waals surface area contributed by atoms with Gasteiger partial charge in [0.05, 0.1) is 19.8 Å². The molecular formula is C18H36IN7O. The molecule has 0 amide bonds. The van der Waals surface area contributed by atoms with Crippen LogP contribution in [0.4, 0.5) is 0 Å². The minimum Gasteiger partial charge on any atom is -0.379 e. The van der Waals surface area contributed by atoms with E-state index in [0.717, 1.165) is 70.6 Å². The first-order valence-electron chi connectivity index (χ1n) is 9.87. The monoisotopic (exact) mass is 493 g/mol. The first kappa shape index (κ1) is 24.1. The van der Waals surface area contributed by atoms with E-state index in [0.29, 0.717) is 12.1 Å². The number of rotatable bonds is 9. The van der Waals surface area contributed by atoms with Crippen LogP contribution in [-0.2, 0) is 17.7 Å². The highest BCUT2D eigenvalue weighted by Gasteiger charge is 2.16. The van der Waals surface area contributed by atoms with Gasteiger partial charge in [0, 0.05) is 44.7 Å². The topological polar surface area (TPSA) is 79.6 Å². The van der Waals surface area contributed by atoms with Gasteiger partial charge in [-0.2, -0.15) is 0 Å². The first-order valence-corrected chi connectivity index (χ1v) is 9.87. The predicted octanol–water partition coefficient (Wildman–Crippen LogP) is 1.51. The number of ether oxygens (including phenoxy) is 1. The summed E-state index contributed by atoms with van der Waals surface area (Å²) in [4.78, 5) is 7.26. The molecule has 2 N–H and O–H groups in total. The summed E-state index contributed by atoms with van der Waals surface area (Å²) in [6, 6.07) is 0.806. The van der Waals surface area contributed by atoms with Crippen molar-refractivity contribution in [3.63, 3.8) is 0 Å². The molecule has 2 atom stereocenters. The van der Waals surface area contributed by atoms with Crippen LogP contribution in [0.3, 0.4) is 0 Å². The SMILES string of the molecule is CCc1nncn1CCNC(=NCC(C)N1CCOCC1)NC(C)CC.I. The van der Waals surface area contributed by atoms with Gasteiger partial charge in [-0.3, -0.25) is 9.89 Å². The Morgan fingerprint density at radius 3 is 2.70 bits per heavy atom. The van der Waals surface area contributed by atoms with Crippen molar-refractivity contribution in [3.05, 3.63) is 12.2 Å². The number of nitrogens with one attached hydrogen (secondary N) is 2. The molecule has 0 radical (unpaired) electrons. The van der Waals surface area contributed by atoms with E-state index in [4.69, 9.17) is 9.73 Å². The Kier molecular flexibility index (Phi) is 11.8. The van der Waals surface area contributed by atoms with Crippen molar-refractivity contribution in [2.75, 3.05) is 39.4 Å². The fraction of sp³-hybridized carbons (Fsp3) is 0.833. The first-order chi connectivity index (χ1) is 12.6. The largest absolute Gasteiger partial charge is 0.379 e. The molecule has 2 rings (SSSR count). The Bertz CT molecular complexity index is 546. The summed E-state index contributed by atoms with van der Waals surface area (Å²) in [6.07, 6.45) is 3.74. The molecule has 156 valence electrons. The zero-order valence-corrected chi connectivity index (χ0v) is 19.5. The third-order valence-corrected chi connectivity index (χ3v) is 4.84. The van der Waals surface area contributed by atoms with E-state index < -0.39 is 0 Å². The Balaban J connectivity index is 0.00000364. The second kappa shape index (κ2) is 13.3. The molecule has 1 aliphatic rings. The standard InChI is InChI=1S/C18H35N7O.HI/c1-5-15(3)22-18(19-7-8-25-14-21-23-17(25)6-2)20-13-16(4)24-9-11-26-12-10-24;/h14-16H,5-13H2,1-4H3,(H2,19,20,22);1H. The number of aromatic nitrogens is 3. The average molecular weight is 493 g/mol. The number of halogens is 1. The third-order valence-electron chi connectivity index (χ3n) is 4.84. The zero-order valence-electron chi connectivity index (χ0n) is 17.1. The Morgan fingerprint density at radius 2 is 2.04 bits per heavy atom. The van der Waals surface area contributed by atoms with Crippen molar-refractivity contribution in [2.24, 2.45) is 4.99 Å². The van der Waals surface area contributed by atoms with Gasteiger partial charge in [-0.1, -0.05) is 13.8 Å². The van der Waals surface area contributed by atoms with Gasteiger partial charge in [-0.25, -0.2) is 0 Å². The minimum atomic E-state index is 0. The van der Waals surface area contributed by atoms with Crippen LogP contribution in [0, 0.1) is 0 Å². The van der Waals surface area contributed by atoms with Gasteiger partial charge < -0.3 is 19.9 Å². The van der Waals surface area contributed by atoms with Crippen LogP contribution in [0.5, 0.6) is 0 Å². The molecule has 0 aliphatic carbocycles. The third kappa shape index (κ3) is 8.30. The van der Waals surface area contributed by atoms with Crippen LogP contribution in [-0.4, -0.2) is 77.1 Å². The number of nitrogens with zero attached hydrogens (tertiary/aromatic N) is 5. The normalized spacial score (nSPS) is 17.9. The molecule has 27 heavy (non-hydrogen) atoms. The Morgan fingerprint density at radius 1 is 1.30 bits per heavy atom. The van der Waals surface area contributed by atoms with Gasteiger partial charge in [-0.15, -0.1) is 34.2 Å². The average Bonchev–Trinajstić information content (AvgIpc) is 3.13. The highest BCUT2D eigenvalue weighted by molar-refractivity contribution is 14.0. The maximum atomic E-state index is 5.44. The number of guanidine groups is 1. The summed E-state index contributed by atoms with van der Waals surface area (Å²) in [7, 11) is 0. The van der Waals surface area contributed by atoms with Crippen LogP contribution < -0.4 is 10.6 Å². The number of aliphatic imine (C=N–C) groups is 1. The summed E-state index contributed by atoms with van der Waals surface area (Å²) in [5.74, 6) is 1.90. The van der Waals surface area contributed by atoms with Gasteiger partial charge in [0.25, 0.3) is 0 Å². The van der Waals surface area contributed by atoms with E-state index in [1.54, 1.807) is 6.33 Å². The van der Waals surface area contributed by atoms with Crippen molar-refractivity contribution in [1.29, 1.82) is 0 Å². The summed E-state index contributed by atoms with van der Waals surface area (Å²) in [6.45, 7) is 14.7. The molecule has 1 aromatic heterocycles. The molecule has 2 unspecified atom stereocenters. The molecule has 1 saturated heterocycles. The number of morpholine rings is 1. The molecule has 0 aromatic carbocycles. The molecule has 1 aromatic rings. The van der Waals surface area contributed by atoms with E-state index in [-0.39, 0.29) is 24.0 Å². The van der Waals surface area contributed by atoms with Gasteiger partial charge in [0.15, 0.2) is 5.96 Å². The maximum absolute atomic E-state index is 5.44. The molecular weight excluding hydrogens is 457 g/mol. The van der Waals surface area contributed by atoms with E-state index in [1.807, 2.05) is 0 Å². The summed E-state index contributed by atoms with van der Waals surface area (Å²) in [5, 5.41) is 15.1. The van der Waals surface area contributed by atoms with Gasteiger partial charge in [0.2, 0.25) is 0 Å². The van der Waals surface area contributed by atoms with Gasteiger partial charge in [-0.05, 0) is 20.3 Å². The molecule has 8 nitrogen and oxygen atoms in total. The molecule has 9 heteroatoms. The van der Waals surface area contributed by atoms with Crippen LogP contribution >= 0.6 is 24.0 Å². The number of hydrogen-bond donors (Lipinski definition) is 2. The summed E-state index contributed by atoms with van der Waals surface area (Å²) in [5.41, 5.74) is 0. The van der Waals surface area contributed by atoms with Crippen molar-refractivity contribution in [3.8, 4) is 0 Å². The molecule has 1 fully saturated rings. The lowest BCUT2D eigenvalue weighted by Gasteiger charge is -2.31. The second-order valence-corrected chi connectivity index (χ2v) is 6.86. The maximum Gasteiger partial charge on any atom is 0.191 e. The second-order valence-electron chi connectivity index (χ2n) is 6.86. The predicted molar refractivity (Wildman–Crippen MR) is 120 cm³/mol. The Hall–Kier alpha value is -0.940. The fourth-order valence-electron chi connectivity index (χ4n) is 2.88. The zero-order chi connectivity index (χ0) is 18.8. The van der Waals surface area contributed by atoms with Crippen molar-refractivity contribution in [1.82, 2.24) is 30.3 Å². The lowest BCUT2D eigenvalue weighted by molar-refractivity contribution is 0.0220. The highest BCUT2D eigenvalue weighted by atomic mass is 127. The van der Waals surface area contributed by atoms with E-state index in [2.05, 4.69) is 58.0 Å². The summed E-state index contributed by atoms with van der Waals surface area (Å²) >= 11 is 0. The number of hydrogen-bond acceptors (Lipinski definition) is 5. The quantitative estimate of drug-likeness (QED) is 0.309. The molecule has 0 spiro atoms. The number of aryl methyl sites for hydroxylation is 1. The molecule has 0 bridgehead atoms. The van der Waals surface area contributed by atoms with E-state index >= 15 is 0 Å². The van der Waals surface area contributed by atoms with Crippen molar-refractivity contribution < 1.29 is 4.74 Å². The van der Waals surface area contributed by atoms with Gasteiger partial charge >= 0.3 is 0 Å². The minimum absolute atomic E-state index is 0. The van der Waals surface area contributed by atoms with Crippen molar-refractivity contribution >= 4 is 29.9 Å². The van der Waals surface area contributed by atoms with E-state index in [9.17, 15) is 0 Å². The fourth-order valence-corrected chi connectivity index (χ4v) is 2.88. The molecule has 2 heterocycles. The van der Waals surface area contributed by atoms with Gasteiger partial charge in [0.1, 0.15) is 12.2 Å². The lowest BCUT2D eigenvalue weighted by atomic mass is 10.2. The molecule has 1 aliphatic heterocycles. The van der Waals surface area contributed by atoms with Crippen LogP contribution in [0.2, 0.25) is 0 Å². The highest BCUT2D eigenvalue weighted by Crippen LogP contribution is 2.04. The van der Waals surface area contributed by atoms with Crippen molar-refractivity contribution in [2.45, 2.75) is 59.2 Å². The van der Waals surface area contributed by atoms with E-state index in [1.165, 1.54) is 0 Å². The lowest BCUT2D eigenvalue weighted by Crippen LogP contribution is -2.46.